The van der Waals surface area contributed by atoms with Crippen molar-refractivity contribution in [2.75, 3.05) is 0 Å². The van der Waals surface area contributed by atoms with Crippen LogP contribution in [-0.2, 0) is 4.79 Å². The molecule has 1 aliphatic rings. The van der Waals surface area contributed by atoms with E-state index >= 15 is 0 Å². The van der Waals surface area contributed by atoms with Gasteiger partial charge in [0.2, 0.25) is 0 Å². The summed E-state index contributed by atoms with van der Waals surface area (Å²) >= 11 is 0. The zero-order valence-corrected chi connectivity index (χ0v) is 7.43. The van der Waals surface area contributed by atoms with Crippen molar-refractivity contribution < 1.29 is 4.79 Å². The van der Waals surface area contributed by atoms with Crippen molar-refractivity contribution in [2.24, 2.45) is 16.7 Å². The molecule has 0 heterocycles. The Morgan fingerprint density at radius 1 is 1.27 bits per heavy atom. The van der Waals surface area contributed by atoms with Gasteiger partial charge in [-0.05, 0) is 0 Å². The van der Waals surface area contributed by atoms with Crippen LogP contribution in [0, 0.1) is 28.1 Å². The van der Waals surface area contributed by atoms with Crippen LogP contribution in [0.2, 0.25) is 0 Å². The standard InChI is InChI=1S/C9H13NO/c1-8(2)6(5-10)9(3,4)7(8)11/h6H,1-4H3. The van der Waals surface area contributed by atoms with Crippen molar-refractivity contribution >= 4 is 5.78 Å². The molecule has 0 aromatic rings. The predicted octanol–water partition coefficient (Wildman–Crippen LogP) is 1.76. The number of nitriles is 1. The van der Waals surface area contributed by atoms with Gasteiger partial charge in [0.05, 0.1) is 12.0 Å². The molecule has 11 heavy (non-hydrogen) atoms. The number of Topliss-reactive ketones (excluding diaryl/α,β-unsaturated/α-hetero) is 1. The zero-order chi connectivity index (χ0) is 8.86. The third kappa shape index (κ3) is 0.742. The molecular formula is C9H13NO. The second kappa shape index (κ2) is 1.85. The van der Waals surface area contributed by atoms with Gasteiger partial charge in [-0.15, -0.1) is 0 Å². The van der Waals surface area contributed by atoms with Gasteiger partial charge >= 0.3 is 0 Å². The Morgan fingerprint density at radius 3 is 1.82 bits per heavy atom. The quantitative estimate of drug-likeness (QED) is 0.529. The lowest BCUT2D eigenvalue weighted by atomic mass is 9.47. The minimum atomic E-state index is -0.418. The van der Waals surface area contributed by atoms with Gasteiger partial charge in [0, 0.05) is 10.8 Å². The van der Waals surface area contributed by atoms with Crippen LogP contribution in [0.25, 0.3) is 0 Å². The fraction of sp³-hybridized carbons (Fsp3) is 0.778. The predicted molar refractivity (Wildman–Crippen MR) is 41.7 cm³/mol. The summed E-state index contributed by atoms with van der Waals surface area (Å²) in [6, 6.07) is 2.19. The number of carbonyl (C=O) groups is 1. The maximum Gasteiger partial charge on any atom is 0.146 e. The van der Waals surface area contributed by atoms with Gasteiger partial charge in [-0.1, -0.05) is 27.7 Å². The Kier molecular flexibility index (Phi) is 1.39. The van der Waals surface area contributed by atoms with E-state index in [1.54, 1.807) is 0 Å². The number of carbonyl (C=O) groups excluding carboxylic acids is 1. The summed E-state index contributed by atoms with van der Waals surface area (Å²) < 4.78 is 0. The van der Waals surface area contributed by atoms with Crippen LogP contribution in [0.15, 0.2) is 0 Å². The van der Waals surface area contributed by atoms with Crippen molar-refractivity contribution in [2.45, 2.75) is 27.7 Å². The van der Waals surface area contributed by atoms with Crippen LogP contribution in [0.1, 0.15) is 27.7 Å². The highest BCUT2D eigenvalue weighted by Gasteiger charge is 2.61. The monoisotopic (exact) mass is 151 g/mol. The lowest BCUT2D eigenvalue weighted by Gasteiger charge is -2.51. The van der Waals surface area contributed by atoms with Gasteiger partial charge in [-0.25, -0.2) is 0 Å². The molecule has 0 spiro atoms. The Morgan fingerprint density at radius 2 is 1.64 bits per heavy atom. The summed E-state index contributed by atoms with van der Waals surface area (Å²) in [5.74, 6) is 0.0825. The molecule has 1 saturated carbocycles. The number of hydrogen-bond acceptors (Lipinski definition) is 2. The summed E-state index contributed by atoms with van der Waals surface area (Å²) in [5, 5.41) is 8.77. The first-order valence-corrected chi connectivity index (χ1v) is 3.79. The molecule has 1 fully saturated rings. The zero-order valence-electron chi connectivity index (χ0n) is 7.43. The van der Waals surface area contributed by atoms with E-state index in [1.165, 1.54) is 0 Å². The number of ketones is 1. The van der Waals surface area contributed by atoms with Crippen molar-refractivity contribution in [1.29, 1.82) is 5.26 Å². The molecule has 1 rings (SSSR count). The number of nitrogens with zero attached hydrogens (tertiary/aromatic N) is 1. The van der Waals surface area contributed by atoms with Crippen LogP contribution in [-0.4, -0.2) is 5.78 Å². The van der Waals surface area contributed by atoms with Gasteiger partial charge in [0.1, 0.15) is 5.78 Å². The normalized spacial score (nSPS) is 27.4. The fourth-order valence-electron chi connectivity index (χ4n) is 2.24. The van der Waals surface area contributed by atoms with Gasteiger partial charge in [0.15, 0.2) is 0 Å². The summed E-state index contributed by atoms with van der Waals surface area (Å²) in [4.78, 5) is 11.4. The fourth-order valence-corrected chi connectivity index (χ4v) is 2.24. The van der Waals surface area contributed by atoms with Crippen molar-refractivity contribution in [3.8, 4) is 6.07 Å². The lowest BCUT2D eigenvalue weighted by molar-refractivity contribution is -0.159. The molecule has 0 radical (unpaired) electrons. The Hall–Kier alpha value is -0.840. The molecule has 0 amide bonds. The van der Waals surface area contributed by atoms with Crippen LogP contribution in [0.4, 0.5) is 0 Å². The SMILES string of the molecule is CC1(C)C(=O)C(C)(C)C1C#N. The van der Waals surface area contributed by atoms with Crippen molar-refractivity contribution in [3.63, 3.8) is 0 Å². The molecule has 0 aliphatic heterocycles. The molecule has 60 valence electrons. The Bertz CT molecular complexity index is 227. The Balaban J connectivity index is 3.00. The molecule has 2 nitrogen and oxygen atoms in total. The molecule has 0 aromatic carbocycles. The van der Waals surface area contributed by atoms with E-state index in [0.717, 1.165) is 0 Å². The highest BCUT2D eigenvalue weighted by atomic mass is 16.1. The topological polar surface area (TPSA) is 40.9 Å². The minimum absolute atomic E-state index is 0.123. The molecule has 0 bridgehead atoms. The molecule has 0 atom stereocenters. The van der Waals surface area contributed by atoms with Gasteiger partial charge in [-0.3, -0.25) is 4.79 Å². The minimum Gasteiger partial charge on any atom is -0.298 e. The van der Waals surface area contributed by atoms with E-state index in [2.05, 4.69) is 6.07 Å². The molecule has 0 unspecified atom stereocenters. The maximum absolute atomic E-state index is 11.4. The first-order valence-electron chi connectivity index (χ1n) is 3.79. The smallest absolute Gasteiger partial charge is 0.146 e. The summed E-state index contributed by atoms with van der Waals surface area (Å²) in [6.07, 6.45) is 0. The lowest BCUT2D eigenvalue weighted by Crippen LogP contribution is -2.59. The average Bonchev–Trinajstić information content (AvgIpc) is 1.86. The Labute approximate surface area is 67.2 Å². The van der Waals surface area contributed by atoms with E-state index in [1.807, 2.05) is 27.7 Å². The van der Waals surface area contributed by atoms with E-state index in [9.17, 15) is 4.79 Å². The molecule has 0 N–H and O–H groups in total. The van der Waals surface area contributed by atoms with E-state index in [0.29, 0.717) is 0 Å². The van der Waals surface area contributed by atoms with E-state index in [-0.39, 0.29) is 11.7 Å². The second-order valence-electron chi connectivity index (χ2n) is 4.33. The summed E-state index contributed by atoms with van der Waals surface area (Å²) in [6.45, 7) is 7.37. The maximum atomic E-state index is 11.4. The molecule has 1 aliphatic carbocycles. The van der Waals surface area contributed by atoms with Crippen LogP contribution in [0.5, 0.6) is 0 Å². The first kappa shape index (κ1) is 8.26. The first-order chi connectivity index (χ1) is 4.85. The highest BCUT2D eigenvalue weighted by molar-refractivity contribution is 5.97. The van der Waals surface area contributed by atoms with Gasteiger partial charge < -0.3 is 0 Å². The van der Waals surface area contributed by atoms with Gasteiger partial charge in [-0.2, -0.15) is 5.26 Å². The van der Waals surface area contributed by atoms with E-state index in [4.69, 9.17) is 5.26 Å². The van der Waals surface area contributed by atoms with E-state index < -0.39 is 10.8 Å². The van der Waals surface area contributed by atoms with Crippen LogP contribution < -0.4 is 0 Å². The summed E-state index contributed by atoms with van der Waals surface area (Å²) in [7, 11) is 0. The highest BCUT2D eigenvalue weighted by Crippen LogP contribution is 2.54. The average molecular weight is 151 g/mol. The number of rotatable bonds is 0. The molecule has 0 saturated heterocycles. The molecular weight excluding hydrogens is 138 g/mol. The molecule has 2 heteroatoms. The summed E-state index contributed by atoms with van der Waals surface area (Å²) in [5.41, 5.74) is -0.837. The van der Waals surface area contributed by atoms with Crippen molar-refractivity contribution in [3.05, 3.63) is 0 Å². The third-order valence-electron chi connectivity index (χ3n) is 2.74. The molecule has 0 aromatic heterocycles. The second-order valence-corrected chi connectivity index (χ2v) is 4.33. The third-order valence-corrected chi connectivity index (χ3v) is 2.74. The largest absolute Gasteiger partial charge is 0.298 e. The van der Waals surface area contributed by atoms with Gasteiger partial charge in [0.25, 0.3) is 0 Å². The van der Waals surface area contributed by atoms with Crippen LogP contribution in [0.3, 0.4) is 0 Å². The van der Waals surface area contributed by atoms with Crippen LogP contribution >= 0.6 is 0 Å². The number of hydrogen-bond donors (Lipinski definition) is 0. The van der Waals surface area contributed by atoms with Crippen molar-refractivity contribution in [1.82, 2.24) is 0 Å².